The largest absolute Gasteiger partial charge is 0.483 e. The van der Waals surface area contributed by atoms with Gasteiger partial charge in [-0.15, -0.1) is 0 Å². The predicted octanol–water partition coefficient (Wildman–Crippen LogP) is 4.85. The molecule has 42 heavy (non-hydrogen) atoms. The molecule has 4 aromatic rings. The van der Waals surface area contributed by atoms with Gasteiger partial charge in [0.05, 0.1) is 42.9 Å². The first-order valence-electron chi connectivity index (χ1n) is 14.0. The Morgan fingerprint density at radius 2 is 1.98 bits per heavy atom. The van der Waals surface area contributed by atoms with Crippen LogP contribution in [-0.2, 0) is 29.2 Å². The lowest BCUT2D eigenvalue weighted by Crippen LogP contribution is -2.39. The molecule has 2 aromatic carbocycles. The van der Waals surface area contributed by atoms with E-state index in [0.717, 1.165) is 55.8 Å². The number of piperidine rings is 1. The second kappa shape index (κ2) is 12.6. The number of nitrogens with one attached hydrogen (secondary N) is 1. The van der Waals surface area contributed by atoms with Gasteiger partial charge in [-0.1, -0.05) is 11.6 Å². The number of imidazole rings is 1. The number of aromatic nitrogens is 4. The maximum atomic E-state index is 14.0. The van der Waals surface area contributed by atoms with Gasteiger partial charge in [-0.05, 0) is 61.7 Å². The van der Waals surface area contributed by atoms with Gasteiger partial charge >= 0.3 is 5.97 Å². The molecule has 0 spiro atoms. The molecule has 0 radical (unpaired) electrons. The van der Waals surface area contributed by atoms with E-state index in [0.29, 0.717) is 35.3 Å². The molecule has 0 saturated carbocycles. The maximum absolute atomic E-state index is 14.0. The maximum Gasteiger partial charge on any atom is 0.337 e. The summed E-state index contributed by atoms with van der Waals surface area (Å²) in [5.74, 6) is 1.34. The van der Waals surface area contributed by atoms with Crippen LogP contribution in [0.3, 0.4) is 0 Å². The molecule has 1 atom stereocenters. The number of ether oxygens (including phenoxy) is 3. The molecule has 2 saturated heterocycles. The van der Waals surface area contributed by atoms with E-state index in [1.54, 1.807) is 18.3 Å². The van der Waals surface area contributed by atoms with E-state index in [1.807, 2.05) is 18.2 Å². The first kappa shape index (κ1) is 28.3. The average molecular weight is 595 g/mol. The van der Waals surface area contributed by atoms with Crippen LogP contribution in [-0.4, -0.2) is 69.3 Å². The number of methoxy groups -OCH3 is 1. The van der Waals surface area contributed by atoms with Crippen molar-refractivity contribution >= 4 is 34.4 Å². The Morgan fingerprint density at radius 1 is 1.14 bits per heavy atom. The van der Waals surface area contributed by atoms with Gasteiger partial charge in [0.1, 0.15) is 18.2 Å². The lowest BCUT2D eigenvalue weighted by molar-refractivity contribution is -0.0592. The second-order valence-electron chi connectivity index (χ2n) is 10.5. The number of benzene rings is 2. The molecule has 0 aliphatic carbocycles. The number of halogens is 2. The summed E-state index contributed by atoms with van der Waals surface area (Å²) in [6.07, 6.45) is 4.71. The topological polar surface area (TPSA) is 104 Å². The number of hydrogen-bond donors (Lipinski definition) is 1. The van der Waals surface area contributed by atoms with Crippen LogP contribution in [0.4, 0.5) is 10.2 Å². The fourth-order valence-electron chi connectivity index (χ4n) is 5.30. The minimum Gasteiger partial charge on any atom is -0.483 e. The van der Waals surface area contributed by atoms with Crippen molar-refractivity contribution < 1.29 is 23.4 Å². The molecule has 6 rings (SSSR count). The first-order chi connectivity index (χ1) is 20.4. The summed E-state index contributed by atoms with van der Waals surface area (Å²) in [5, 5.41) is 3.82. The van der Waals surface area contributed by atoms with E-state index >= 15 is 0 Å². The highest BCUT2D eigenvalue weighted by Gasteiger charge is 2.25. The Morgan fingerprint density at radius 3 is 2.71 bits per heavy atom. The molecule has 220 valence electrons. The standard InChI is InChI=1S/C30H32ClFN6O4/c1-40-30(39)19-2-4-24-25(14-19)38(16-22-9-13-41-22)29(35-24)17-37-11-7-21(8-12-37)34-27-6-10-33-28(36-27)18-42-26-5-3-20(31)15-23(26)32/h2-6,10,14-15,21-22H,7-9,11-13,16-18H2,1H3,(H,33,34,36). The van der Waals surface area contributed by atoms with Crippen LogP contribution < -0.4 is 10.1 Å². The summed E-state index contributed by atoms with van der Waals surface area (Å²) in [4.78, 5) is 28.3. The smallest absolute Gasteiger partial charge is 0.337 e. The molecule has 2 aliphatic rings. The van der Waals surface area contributed by atoms with Gasteiger partial charge in [0.15, 0.2) is 17.4 Å². The number of anilines is 1. The average Bonchev–Trinajstić information content (AvgIpc) is 3.31. The van der Waals surface area contributed by atoms with Crippen molar-refractivity contribution in [3.63, 3.8) is 0 Å². The summed E-state index contributed by atoms with van der Waals surface area (Å²) in [6.45, 7) is 4.02. The molecule has 2 fully saturated rings. The summed E-state index contributed by atoms with van der Waals surface area (Å²) >= 11 is 5.81. The van der Waals surface area contributed by atoms with Crippen molar-refractivity contribution in [2.45, 2.75) is 51.1 Å². The number of rotatable bonds is 10. The van der Waals surface area contributed by atoms with Gasteiger partial charge in [0.25, 0.3) is 0 Å². The van der Waals surface area contributed by atoms with E-state index in [4.69, 9.17) is 30.8 Å². The predicted molar refractivity (Wildman–Crippen MR) is 155 cm³/mol. The SMILES string of the molecule is COC(=O)c1ccc2nc(CN3CCC(Nc4ccnc(COc5ccc(Cl)cc5F)n4)CC3)n(CC3CCO3)c2c1. The van der Waals surface area contributed by atoms with E-state index in [1.165, 1.54) is 19.2 Å². The highest BCUT2D eigenvalue weighted by atomic mass is 35.5. The van der Waals surface area contributed by atoms with Crippen molar-refractivity contribution in [3.8, 4) is 5.75 Å². The normalized spacial score (nSPS) is 17.6. The van der Waals surface area contributed by atoms with Gasteiger partial charge in [-0.25, -0.2) is 24.1 Å². The molecule has 2 aromatic heterocycles. The summed E-state index contributed by atoms with van der Waals surface area (Å²) in [5.41, 5.74) is 2.29. The molecule has 1 N–H and O–H groups in total. The van der Waals surface area contributed by atoms with Crippen molar-refractivity contribution in [2.24, 2.45) is 0 Å². The number of nitrogens with zero attached hydrogens (tertiary/aromatic N) is 5. The summed E-state index contributed by atoms with van der Waals surface area (Å²) in [7, 11) is 1.39. The van der Waals surface area contributed by atoms with Gasteiger partial charge in [-0.2, -0.15) is 0 Å². The van der Waals surface area contributed by atoms with Crippen LogP contribution in [0.1, 0.15) is 41.3 Å². The number of carbonyl (C=O) groups is 1. The second-order valence-corrected chi connectivity index (χ2v) is 11.0. The third kappa shape index (κ3) is 6.48. The van der Waals surface area contributed by atoms with Crippen molar-refractivity contribution in [1.82, 2.24) is 24.4 Å². The van der Waals surface area contributed by atoms with Crippen molar-refractivity contribution in [1.29, 1.82) is 0 Å². The molecule has 1 unspecified atom stereocenters. The van der Waals surface area contributed by atoms with E-state index in [2.05, 4.69) is 24.8 Å². The molecule has 10 nitrogen and oxygen atoms in total. The van der Waals surface area contributed by atoms with Crippen LogP contribution in [0.5, 0.6) is 5.75 Å². The summed E-state index contributed by atoms with van der Waals surface area (Å²) in [6, 6.07) is 11.9. The van der Waals surface area contributed by atoms with Crippen LogP contribution in [0, 0.1) is 5.82 Å². The van der Waals surface area contributed by atoms with Gasteiger partial charge in [0.2, 0.25) is 0 Å². The minimum absolute atomic E-state index is 0.0422. The van der Waals surface area contributed by atoms with E-state index < -0.39 is 5.82 Å². The van der Waals surface area contributed by atoms with Gasteiger partial charge < -0.3 is 24.1 Å². The van der Waals surface area contributed by atoms with Crippen LogP contribution in [0.2, 0.25) is 5.02 Å². The number of carbonyl (C=O) groups excluding carboxylic acids is 1. The lowest BCUT2D eigenvalue weighted by atomic mass is 10.1. The Labute approximate surface area is 247 Å². The quantitative estimate of drug-likeness (QED) is 0.258. The van der Waals surface area contributed by atoms with Crippen LogP contribution >= 0.6 is 11.6 Å². The minimum atomic E-state index is -0.526. The molecule has 2 aliphatic heterocycles. The Balaban J connectivity index is 1.07. The zero-order chi connectivity index (χ0) is 29.1. The Kier molecular flexibility index (Phi) is 8.50. The zero-order valence-electron chi connectivity index (χ0n) is 23.3. The Hall–Kier alpha value is -3.80. The summed E-state index contributed by atoms with van der Waals surface area (Å²) < 4.78 is 32.4. The van der Waals surface area contributed by atoms with E-state index in [9.17, 15) is 9.18 Å². The van der Waals surface area contributed by atoms with Crippen molar-refractivity contribution in [3.05, 3.63) is 76.7 Å². The highest BCUT2D eigenvalue weighted by molar-refractivity contribution is 6.30. The number of hydrogen-bond acceptors (Lipinski definition) is 9. The van der Waals surface area contributed by atoms with E-state index in [-0.39, 0.29) is 30.5 Å². The number of esters is 1. The van der Waals surface area contributed by atoms with Gasteiger partial charge in [-0.3, -0.25) is 4.90 Å². The molecule has 0 amide bonds. The monoisotopic (exact) mass is 594 g/mol. The third-order valence-corrected chi connectivity index (χ3v) is 7.92. The number of fused-ring (bicyclic) bond motifs is 1. The third-order valence-electron chi connectivity index (χ3n) is 7.69. The van der Waals surface area contributed by atoms with Crippen LogP contribution in [0.25, 0.3) is 11.0 Å². The zero-order valence-corrected chi connectivity index (χ0v) is 24.0. The molecular formula is C30H32ClFN6O4. The molecular weight excluding hydrogens is 563 g/mol. The highest BCUT2D eigenvalue weighted by Crippen LogP contribution is 2.25. The fraction of sp³-hybridized carbons (Fsp3) is 0.400. The molecule has 12 heteroatoms. The van der Waals surface area contributed by atoms with Crippen LogP contribution in [0.15, 0.2) is 48.7 Å². The molecule has 0 bridgehead atoms. The van der Waals surface area contributed by atoms with Crippen molar-refractivity contribution in [2.75, 3.05) is 32.1 Å². The number of likely N-dealkylation sites (tertiary alicyclic amines) is 1. The van der Waals surface area contributed by atoms with Gasteiger partial charge in [0, 0.05) is 37.0 Å². The molecule has 4 heterocycles. The first-order valence-corrected chi connectivity index (χ1v) is 14.4. The lowest BCUT2D eigenvalue weighted by Gasteiger charge is -2.33. The fourth-order valence-corrected chi connectivity index (χ4v) is 5.46. The Bertz CT molecular complexity index is 1570.